The molecule has 9 aromatic rings. The molecule has 0 atom stereocenters. The summed E-state index contributed by atoms with van der Waals surface area (Å²) in [6.45, 7) is 0. The van der Waals surface area contributed by atoms with Crippen LogP contribution in [0.15, 0.2) is 194 Å². The van der Waals surface area contributed by atoms with Gasteiger partial charge in [0, 0.05) is 32.2 Å². The van der Waals surface area contributed by atoms with Crippen molar-refractivity contribution in [2.45, 2.75) is 5.41 Å². The van der Waals surface area contributed by atoms with Crippen LogP contribution in [0.5, 0.6) is 0 Å². The highest BCUT2D eigenvalue weighted by atomic mass is 31.2. The van der Waals surface area contributed by atoms with Gasteiger partial charge in [0.1, 0.15) is 0 Å². The van der Waals surface area contributed by atoms with Crippen LogP contribution in [0, 0.1) is 0 Å². The fourth-order valence-corrected chi connectivity index (χ4v) is 12.0. The monoisotopic (exact) mass is 693 g/mol. The molecule has 11 rings (SSSR count). The van der Waals surface area contributed by atoms with Gasteiger partial charge in [-0.2, -0.15) is 0 Å². The summed E-state index contributed by atoms with van der Waals surface area (Å²) in [5.41, 5.74) is 12.7. The highest BCUT2D eigenvalue weighted by Crippen LogP contribution is 2.64. The Balaban J connectivity index is 1.21. The molecule has 1 heterocycles. The van der Waals surface area contributed by atoms with Gasteiger partial charge in [-0.05, 0) is 56.0 Å². The van der Waals surface area contributed by atoms with Crippen LogP contribution in [-0.4, -0.2) is 4.98 Å². The molecule has 0 aliphatic heterocycles. The van der Waals surface area contributed by atoms with Gasteiger partial charge in [-0.3, -0.25) is 0 Å². The predicted molar refractivity (Wildman–Crippen MR) is 220 cm³/mol. The Bertz CT molecular complexity index is 2880. The predicted octanol–water partition coefficient (Wildman–Crippen LogP) is 11.0. The number of pyridine rings is 1. The van der Waals surface area contributed by atoms with Gasteiger partial charge in [0.2, 0.25) is 0 Å². The van der Waals surface area contributed by atoms with E-state index in [4.69, 9.17) is 4.98 Å². The van der Waals surface area contributed by atoms with Crippen molar-refractivity contribution in [3.8, 4) is 33.5 Å². The Morgan fingerprint density at radius 2 is 0.887 bits per heavy atom. The molecule has 0 amide bonds. The van der Waals surface area contributed by atoms with Crippen LogP contribution in [0.1, 0.15) is 22.3 Å². The maximum atomic E-state index is 15.3. The second-order valence-electron chi connectivity index (χ2n) is 14.1. The fourth-order valence-electron chi connectivity index (χ4n) is 9.39. The lowest BCUT2D eigenvalue weighted by Gasteiger charge is -2.30. The van der Waals surface area contributed by atoms with E-state index in [0.29, 0.717) is 0 Å². The summed E-state index contributed by atoms with van der Waals surface area (Å²) in [7, 11) is -3.13. The quantitative estimate of drug-likeness (QED) is 0.136. The maximum absolute atomic E-state index is 15.3. The number of hydrogen-bond acceptors (Lipinski definition) is 2. The van der Waals surface area contributed by atoms with E-state index < -0.39 is 12.6 Å². The largest absolute Gasteiger partial charge is 0.309 e. The number of hydrogen-bond donors (Lipinski definition) is 0. The van der Waals surface area contributed by atoms with Crippen LogP contribution in [0.2, 0.25) is 0 Å². The van der Waals surface area contributed by atoms with Crippen molar-refractivity contribution >= 4 is 44.7 Å². The standard InChI is InChI=1S/C50H32NOP/c52-53(34-15-3-1-4-16-34,35-17-5-2-6-18-35)36-29-27-33(28-30-36)49-48-40(39-21-10-14-26-46(39)51-49)31-32-45-47(48)41-22-9-13-25-44(41)50(45)42-23-11-7-19-37(42)38-20-8-12-24-43(38)50/h1-32H. The summed E-state index contributed by atoms with van der Waals surface area (Å²) < 4.78 is 15.3. The Labute approximate surface area is 308 Å². The van der Waals surface area contributed by atoms with Crippen LogP contribution >= 0.6 is 7.14 Å². The molecule has 53 heavy (non-hydrogen) atoms. The Kier molecular flexibility index (Phi) is 6.48. The van der Waals surface area contributed by atoms with Gasteiger partial charge in [-0.1, -0.05) is 188 Å². The third-order valence-electron chi connectivity index (χ3n) is 11.6. The average molecular weight is 694 g/mol. The molecule has 1 spiro atoms. The molecule has 0 saturated carbocycles. The van der Waals surface area contributed by atoms with E-state index in [0.717, 1.165) is 43.5 Å². The molecule has 0 radical (unpaired) electrons. The first-order chi connectivity index (χ1) is 26.2. The molecular formula is C50H32NOP. The van der Waals surface area contributed by atoms with Crippen LogP contribution in [0.25, 0.3) is 55.2 Å². The number of benzene rings is 8. The zero-order chi connectivity index (χ0) is 35.1. The van der Waals surface area contributed by atoms with Crippen molar-refractivity contribution in [2.24, 2.45) is 0 Å². The van der Waals surface area contributed by atoms with Crippen LogP contribution in [-0.2, 0) is 9.98 Å². The molecule has 0 fully saturated rings. The van der Waals surface area contributed by atoms with Gasteiger partial charge >= 0.3 is 0 Å². The average Bonchev–Trinajstić information content (AvgIpc) is 3.71. The number of nitrogens with zero attached hydrogens (tertiary/aromatic N) is 1. The summed E-state index contributed by atoms with van der Waals surface area (Å²) in [6, 6.07) is 68.1. The molecule has 0 saturated heterocycles. The number of para-hydroxylation sites is 1. The van der Waals surface area contributed by atoms with Crippen molar-refractivity contribution in [1.82, 2.24) is 4.98 Å². The molecule has 0 unspecified atom stereocenters. The first-order valence-electron chi connectivity index (χ1n) is 18.2. The summed E-state index contributed by atoms with van der Waals surface area (Å²) in [5, 5.41) is 5.91. The lowest BCUT2D eigenvalue weighted by atomic mass is 9.70. The van der Waals surface area contributed by atoms with Crippen molar-refractivity contribution in [3.05, 3.63) is 216 Å². The minimum atomic E-state index is -3.13. The van der Waals surface area contributed by atoms with Crippen LogP contribution < -0.4 is 15.9 Å². The van der Waals surface area contributed by atoms with Crippen molar-refractivity contribution in [1.29, 1.82) is 0 Å². The molecule has 3 heteroatoms. The zero-order valence-corrected chi connectivity index (χ0v) is 29.7. The fraction of sp³-hybridized carbons (Fsp3) is 0.0200. The number of fused-ring (bicyclic) bond motifs is 14. The number of rotatable bonds is 4. The van der Waals surface area contributed by atoms with Crippen LogP contribution in [0.4, 0.5) is 0 Å². The Hall–Kier alpha value is -6.34. The first-order valence-corrected chi connectivity index (χ1v) is 19.9. The topological polar surface area (TPSA) is 30.0 Å². The van der Waals surface area contributed by atoms with E-state index >= 15 is 4.57 Å². The van der Waals surface area contributed by atoms with E-state index in [1.807, 2.05) is 60.7 Å². The lowest BCUT2D eigenvalue weighted by Crippen LogP contribution is -2.25. The minimum absolute atomic E-state index is 0.446. The van der Waals surface area contributed by atoms with Gasteiger partial charge in [0.25, 0.3) is 0 Å². The molecule has 0 bridgehead atoms. The van der Waals surface area contributed by atoms with Gasteiger partial charge in [0.15, 0.2) is 7.14 Å². The summed E-state index contributed by atoms with van der Waals surface area (Å²) in [5.74, 6) is 0. The second-order valence-corrected chi connectivity index (χ2v) is 16.9. The molecule has 1 aromatic heterocycles. The third-order valence-corrected chi connectivity index (χ3v) is 14.6. The Morgan fingerprint density at radius 3 is 1.51 bits per heavy atom. The molecular weight excluding hydrogens is 662 g/mol. The molecule has 0 N–H and O–H groups in total. The van der Waals surface area contributed by atoms with E-state index in [9.17, 15) is 0 Å². The van der Waals surface area contributed by atoms with Gasteiger partial charge in [0.05, 0.1) is 16.6 Å². The lowest BCUT2D eigenvalue weighted by molar-refractivity contribution is 0.592. The van der Waals surface area contributed by atoms with E-state index in [-0.39, 0.29) is 0 Å². The summed E-state index contributed by atoms with van der Waals surface area (Å²) >= 11 is 0. The van der Waals surface area contributed by atoms with E-state index in [1.54, 1.807) is 0 Å². The van der Waals surface area contributed by atoms with E-state index in [2.05, 4.69) is 133 Å². The van der Waals surface area contributed by atoms with Crippen molar-refractivity contribution in [3.63, 3.8) is 0 Å². The molecule has 8 aromatic carbocycles. The Morgan fingerprint density at radius 1 is 0.396 bits per heavy atom. The normalized spacial score (nSPS) is 13.5. The van der Waals surface area contributed by atoms with Crippen molar-refractivity contribution < 1.29 is 4.57 Å². The van der Waals surface area contributed by atoms with Gasteiger partial charge < -0.3 is 4.57 Å². The zero-order valence-electron chi connectivity index (χ0n) is 28.8. The second kappa shape index (κ2) is 11.3. The molecule has 2 aliphatic carbocycles. The number of aromatic nitrogens is 1. The summed E-state index contributed by atoms with van der Waals surface area (Å²) in [6.07, 6.45) is 0. The third kappa shape index (κ3) is 4.05. The highest BCUT2D eigenvalue weighted by Gasteiger charge is 2.52. The van der Waals surface area contributed by atoms with Crippen LogP contribution in [0.3, 0.4) is 0 Å². The van der Waals surface area contributed by atoms with Gasteiger partial charge in [-0.25, -0.2) is 4.98 Å². The molecule has 2 nitrogen and oxygen atoms in total. The summed E-state index contributed by atoms with van der Waals surface area (Å²) in [4.78, 5) is 5.47. The van der Waals surface area contributed by atoms with Crippen molar-refractivity contribution in [2.75, 3.05) is 0 Å². The molecule has 2 aliphatic rings. The maximum Gasteiger partial charge on any atom is 0.171 e. The van der Waals surface area contributed by atoms with Gasteiger partial charge in [-0.15, -0.1) is 0 Å². The molecule has 248 valence electrons. The first kappa shape index (κ1) is 30.3. The van der Waals surface area contributed by atoms with E-state index in [1.165, 1.54) is 49.9 Å². The minimum Gasteiger partial charge on any atom is -0.309 e. The SMILES string of the molecule is O=P(c1ccccc1)(c1ccccc1)c1ccc(-c2nc3ccccc3c3ccc4c(c23)-c2ccccc2C42c3ccccc3-c3ccccc32)cc1. The smallest absolute Gasteiger partial charge is 0.171 e. The highest BCUT2D eigenvalue weighted by molar-refractivity contribution is 7.85.